The molecule has 5 aliphatic rings. The molecular formula is C44H66N6O8S. The third-order valence-corrected chi connectivity index (χ3v) is 16.3. The van der Waals surface area contributed by atoms with E-state index in [0.717, 1.165) is 37.7 Å². The number of nitrogens with one attached hydrogen (secondary N) is 4. The summed E-state index contributed by atoms with van der Waals surface area (Å²) in [5.74, 6) is -1.56. The lowest BCUT2D eigenvalue weighted by Crippen LogP contribution is -2.64. The maximum atomic E-state index is 15.1. The molecule has 1 unspecified atom stereocenters. The van der Waals surface area contributed by atoms with Crippen molar-refractivity contribution >= 4 is 39.6 Å². The summed E-state index contributed by atoms with van der Waals surface area (Å²) < 4.78 is 35.0. The van der Waals surface area contributed by atoms with Gasteiger partial charge in [-0.2, -0.15) is 4.31 Å². The quantitative estimate of drug-likeness (QED) is 0.141. The highest BCUT2D eigenvalue weighted by Gasteiger charge is 2.70. The van der Waals surface area contributed by atoms with Crippen LogP contribution in [0, 0.1) is 34.0 Å². The van der Waals surface area contributed by atoms with E-state index in [4.69, 9.17) is 4.74 Å². The number of ketones is 1. The number of ether oxygens (including phenoxy) is 1. The fraction of sp³-hybridized carbons (Fsp3) is 0.705. The predicted molar refractivity (Wildman–Crippen MR) is 224 cm³/mol. The van der Waals surface area contributed by atoms with Crippen LogP contribution in [0.4, 0.5) is 4.79 Å². The highest BCUT2D eigenvalue weighted by atomic mass is 32.2. The highest BCUT2D eigenvalue weighted by Crippen LogP contribution is 2.65. The minimum atomic E-state index is -3.83. The lowest BCUT2D eigenvalue weighted by molar-refractivity contribution is -0.146. The van der Waals surface area contributed by atoms with Crippen LogP contribution in [0.3, 0.4) is 0 Å². The Balaban J connectivity index is 1.22. The van der Waals surface area contributed by atoms with Crippen LogP contribution in [0.15, 0.2) is 36.9 Å². The number of carbonyl (C=O) groups is 5. The molecule has 0 radical (unpaired) electrons. The molecule has 2 saturated heterocycles. The Labute approximate surface area is 350 Å². The van der Waals surface area contributed by atoms with E-state index in [2.05, 4.69) is 41.7 Å². The summed E-state index contributed by atoms with van der Waals surface area (Å²) in [6.07, 6.45) is 8.10. The van der Waals surface area contributed by atoms with E-state index in [1.54, 1.807) is 24.1 Å². The minimum Gasteiger partial charge on any atom is -0.497 e. The molecule has 1 aromatic rings. The molecule has 15 heteroatoms. The van der Waals surface area contributed by atoms with Gasteiger partial charge in [0.2, 0.25) is 27.6 Å². The summed E-state index contributed by atoms with van der Waals surface area (Å²) in [5, 5.41) is 10.6. The second-order valence-electron chi connectivity index (χ2n) is 19.7. The largest absolute Gasteiger partial charge is 0.497 e. The molecule has 0 spiro atoms. The van der Waals surface area contributed by atoms with Crippen LogP contribution in [0.2, 0.25) is 0 Å². The van der Waals surface area contributed by atoms with Crippen molar-refractivity contribution in [1.82, 2.24) is 30.5 Å². The van der Waals surface area contributed by atoms with E-state index < -0.39 is 73.9 Å². The van der Waals surface area contributed by atoms with Crippen LogP contribution in [-0.2, 0) is 35.7 Å². The standard InChI is InChI=1S/C44H66N6O8S/c1-9-22-45-39(53)35(51)31(24-27-13-14-27)46-38(52)34-33-30(43(33,5)6)26-50(34)40(54)37(44(7)20-11-10-12-21-44)48-41(55)47-36(42(2,3)4)32-19-23-49(59(32,56)57)25-28-15-17-29(58-8)18-16-28/h9,15-18,27,30-34,36-37H,1,10-14,19-26H2,2-8H3,(H,45,53)(H,46,52)(H2,47,48,55)/t30-,31?,32+,33-,34-,36+,37+/m0/s1. The number of amides is 5. The first kappa shape index (κ1) is 44.6. The van der Waals surface area contributed by atoms with Gasteiger partial charge in [0.1, 0.15) is 17.8 Å². The Kier molecular flexibility index (Phi) is 13.0. The molecule has 0 bridgehead atoms. The Morgan fingerprint density at radius 2 is 1.63 bits per heavy atom. The number of nitrogens with zero attached hydrogens (tertiary/aromatic N) is 2. The van der Waals surface area contributed by atoms with Crippen LogP contribution in [-0.4, -0.2) is 103 Å². The van der Waals surface area contributed by atoms with Gasteiger partial charge in [-0.3, -0.25) is 19.2 Å². The van der Waals surface area contributed by atoms with Gasteiger partial charge in [-0.25, -0.2) is 13.2 Å². The molecule has 2 heterocycles. The van der Waals surface area contributed by atoms with Gasteiger partial charge in [0.25, 0.3) is 5.91 Å². The predicted octanol–water partition coefficient (Wildman–Crippen LogP) is 4.29. The lowest BCUT2D eigenvalue weighted by atomic mass is 9.70. The molecule has 3 saturated carbocycles. The van der Waals surface area contributed by atoms with Gasteiger partial charge in [0, 0.05) is 26.2 Å². The van der Waals surface area contributed by atoms with E-state index in [9.17, 15) is 27.6 Å². The number of urea groups is 1. The van der Waals surface area contributed by atoms with E-state index in [-0.39, 0.29) is 42.2 Å². The molecule has 2 aliphatic heterocycles. The van der Waals surface area contributed by atoms with Gasteiger partial charge in [-0.1, -0.05) is 91.9 Å². The average molecular weight is 839 g/mol. The number of methoxy groups -OCH3 is 1. The molecule has 5 fully saturated rings. The molecule has 3 aliphatic carbocycles. The van der Waals surface area contributed by atoms with Crippen LogP contribution >= 0.6 is 0 Å². The van der Waals surface area contributed by atoms with Crippen molar-refractivity contribution in [2.75, 3.05) is 26.7 Å². The van der Waals surface area contributed by atoms with Crippen molar-refractivity contribution in [3.63, 3.8) is 0 Å². The number of piperidine rings is 1. The summed E-state index contributed by atoms with van der Waals surface area (Å²) in [6.45, 7) is 16.4. The first-order valence-electron chi connectivity index (χ1n) is 21.5. The summed E-state index contributed by atoms with van der Waals surface area (Å²) in [4.78, 5) is 71.5. The van der Waals surface area contributed by atoms with Crippen molar-refractivity contribution in [1.29, 1.82) is 0 Å². The maximum Gasteiger partial charge on any atom is 0.315 e. The zero-order valence-electron chi connectivity index (χ0n) is 36.0. The number of sulfonamides is 1. The van der Waals surface area contributed by atoms with Gasteiger partial charge < -0.3 is 30.9 Å². The molecule has 326 valence electrons. The summed E-state index contributed by atoms with van der Waals surface area (Å²) in [7, 11) is -2.26. The zero-order chi connectivity index (χ0) is 43.1. The maximum absolute atomic E-state index is 15.1. The smallest absolute Gasteiger partial charge is 0.315 e. The van der Waals surface area contributed by atoms with E-state index >= 15 is 4.79 Å². The van der Waals surface area contributed by atoms with Gasteiger partial charge >= 0.3 is 6.03 Å². The monoisotopic (exact) mass is 838 g/mol. The molecule has 0 aromatic heterocycles. The Hall–Kier alpha value is -3.98. The molecule has 14 nitrogen and oxygen atoms in total. The second kappa shape index (κ2) is 17.2. The van der Waals surface area contributed by atoms with Crippen LogP contribution < -0.4 is 26.0 Å². The molecular weight excluding hydrogens is 773 g/mol. The Bertz CT molecular complexity index is 1880. The minimum absolute atomic E-state index is 0.0445. The number of rotatable bonds is 16. The lowest BCUT2D eigenvalue weighted by Gasteiger charge is -2.43. The van der Waals surface area contributed by atoms with Gasteiger partial charge in [0.05, 0.1) is 24.4 Å². The molecule has 1 aromatic carbocycles. The fourth-order valence-corrected chi connectivity index (χ4v) is 12.4. The number of benzene rings is 1. The molecule has 5 amide bonds. The number of Topliss-reactive ketones (excluding diaryl/α,β-unsaturated/α-hetero) is 1. The van der Waals surface area contributed by atoms with Gasteiger partial charge in [-0.15, -0.1) is 6.58 Å². The number of carbonyl (C=O) groups excluding carboxylic acids is 5. The normalized spacial score (nSPS) is 27.0. The Morgan fingerprint density at radius 1 is 0.966 bits per heavy atom. The summed E-state index contributed by atoms with van der Waals surface area (Å²) in [6, 6.07) is 2.93. The first-order chi connectivity index (χ1) is 27.7. The highest BCUT2D eigenvalue weighted by molar-refractivity contribution is 7.90. The number of hydrogen-bond acceptors (Lipinski definition) is 8. The van der Waals surface area contributed by atoms with Crippen LogP contribution in [0.1, 0.15) is 105 Å². The van der Waals surface area contributed by atoms with Crippen molar-refractivity contribution in [3.05, 3.63) is 42.5 Å². The van der Waals surface area contributed by atoms with E-state index in [0.29, 0.717) is 44.5 Å². The van der Waals surface area contributed by atoms with Crippen molar-refractivity contribution < 1.29 is 37.1 Å². The molecule has 7 atom stereocenters. The van der Waals surface area contributed by atoms with Gasteiger partial charge in [-0.05, 0) is 77.4 Å². The van der Waals surface area contributed by atoms with Crippen molar-refractivity contribution in [3.8, 4) is 5.75 Å². The third kappa shape index (κ3) is 9.50. The molecule has 59 heavy (non-hydrogen) atoms. The topological polar surface area (TPSA) is 183 Å². The SMILES string of the molecule is C=CCNC(=O)C(=O)C(CC1CC1)NC(=O)[C@@H]1[C@@H]2[C@H](CN1C(=O)[C@@H](NC(=O)N[C@H]([C@H]1CCN(Cc3ccc(OC)cc3)S1(=O)=O)C(C)(C)C)C1(C)CCCCC1)C2(C)C. The number of likely N-dealkylation sites (tertiary alicyclic amines) is 1. The summed E-state index contributed by atoms with van der Waals surface area (Å²) in [5.41, 5.74) is -0.694. The van der Waals surface area contributed by atoms with Crippen LogP contribution in [0.25, 0.3) is 0 Å². The van der Waals surface area contributed by atoms with E-state index in [1.165, 1.54) is 10.4 Å². The molecule has 6 rings (SSSR count). The van der Waals surface area contributed by atoms with Crippen molar-refractivity contribution in [2.45, 2.75) is 135 Å². The fourth-order valence-electron chi connectivity index (χ4n) is 10.1. The average Bonchev–Trinajstić information content (AvgIpc) is 4.00. The van der Waals surface area contributed by atoms with Gasteiger partial charge in [0.15, 0.2) is 0 Å². The Morgan fingerprint density at radius 3 is 2.22 bits per heavy atom. The summed E-state index contributed by atoms with van der Waals surface area (Å²) >= 11 is 0. The van der Waals surface area contributed by atoms with Crippen molar-refractivity contribution in [2.24, 2.45) is 34.0 Å². The molecule has 4 N–H and O–H groups in total. The van der Waals surface area contributed by atoms with E-state index in [1.807, 2.05) is 39.8 Å². The van der Waals surface area contributed by atoms with Crippen LogP contribution in [0.5, 0.6) is 5.75 Å². The number of hydrogen-bond donors (Lipinski definition) is 4. The first-order valence-corrected chi connectivity index (χ1v) is 23.0. The zero-order valence-corrected chi connectivity index (χ0v) is 36.8. The number of fused-ring (bicyclic) bond motifs is 1. The third-order valence-electron chi connectivity index (χ3n) is 14.0. The second-order valence-corrected chi connectivity index (χ2v) is 21.8.